The van der Waals surface area contributed by atoms with Crippen LogP contribution in [-0.4, -0.2) is 71.9 Å². The van der Waals surface area contributed by atoms with E-state index in [2.05, 4.69) is 91.9 Å². The van der Waals surface area contributed by atoms with Crippen molar-refractivity contribution in [2.24, 2.45) is 66.0 Å². The summed E-state index contributed by atoms with van der Waals surface area (Å²) >= 11 is 0. The third-order valence-electron chi connectivity index (χ3n) is 23.2. The number of nitrogens with zero attached hydrogens (tertiary/aromatic N) is 1. The molecule has 0 spiro atoms. The molecule has 0 saturated heterocycles. The van der Waals surface area contributed by atoms with Crippen LogP contribution in [0.25, 0.3) is 0 Å². The van der Waals surface area contributed by atoms with Gasteiger partial charge < -0.3 is 25.5 Å². The minimum atomic E-state index is -0.655. The normalized spacial score (nSPS) is 43.4. The zero-order valence-electron chi connectivity index (χ0n) is 46.8. The zero-order chi connectivity index (χ0) is 52.7. The molecule has 72 heavy (non-hydrogen) atoms. The van der Waals surface area contributed by atoms with Crippen molar-refractivity contribution in [3.05, 3.63) is 92.6 Å². The number of carboxylic acids is 1. The monoisotopic (exact) mass is 1010 g/mol. The Morgan fingerprint density at radius 3 is 1.26 bits per heavy atom. The van der Waals surface area contributed by atoms with E-state index in [1.165, 1.54) is 17.6 Å². The lowest BCUT2D eigenvalue weighted by atomic mass is 9.34. The molecule has 10 aliphatic carbocycles. The molecule has 10 heteroatoms. The summed E-state index contributed by atoms with van der Waals surface area (Å²) in [6.45, 7) is 27.2. The molecule has 10 rings (SSSR count). The molecule has 12 atom stereocenters. The number of aliphatic hydroxyl groups is 2. The molecule has 1 amide bonds. The maximum absolute atomic E-state index is 13.3. The van der Waals surface area contributed by atoms with E-state index >= 15 is 0 Å². The molecule has 0 radical (unpaired) electrons. The summed E-state index contributed by atoms with van der Waals surface area (Å²) in [6.07, 6.45) is 26.3. The van der Waals surface area contributed by atoms with Crippen molar-refractivity contribution in [2.45, 2.75) is 173 Å². The van der Waals surface area contributed by atoms with Crippen LogP contribution in [0.15, 0.2) is 92.6 Å². The van der Waals surface area contributed by atoms with Crippen LogP contribution in [0.3, 0.4) is 0 Å². The quantitative estimate of drug-likeness (QED) is 0.214. The Kier molecular flexibility index (Phi) is 13.8. The second-order valence-electron chi connectivity index (χ2n) is 27.2. The highest BCUT2D eigenvalue weighted by Gasteiger charge is 2.69. The van der Waals surface area contributed by atoms with Gasteiger partial charge in [0.2, 0.25) is 17.5 Å². The molecule has 6 fully saturated rings. The highest BCUT2D eigenvalue weighted by molar-refractivity contribution is 6.07. The lowest BCUT2D eigenvalue weighted by Gasteiger charge is -2.70. The number of amides is 1. The van der Waals surface area contributed by atoms with Crippen molar-refractivity contribution in [3.63, 3.8) is 0 Å². The van der Waals surface area contributed by atoms with E-state index < -0.39 is 11.4 Å². The Hall–Kier alpha value is -3.95. The van der Waals surface area contributed by atoms with Crippen LogP contribution in [-0.2, 0) is 19.2 Å². The summed E-state index contributed by atoms with van der Waals surface area (Å²) in [5, 5.41) is 33.4. The lowest BCUT2D eigenvalue weighted by Crippen LogP contribution is -2.62. The number of carboxylic acid groups (broad SMARTS) is 1. The van der Waals surface area contributed by atoms with Gasteiger partial charge in [-0.25, -0.2) is 0 Å². The molecule has 0 heterocycles. The molecule has 396 valence electrons. The number of carbonyl (C=O) groups excluding carboxylic acids is 3. The van der Waals surface area contributed by atoms with E-state index in [1.807, 2.05) is 49.0 Å². The van der Waals surface area contributed by atoms with Crippen molar-refractivity contribution in [3.8, 4) is 0 Å². The molecule has 0 aromatic carbocycles. The molecule has 0 unspecified atom stereocenters. The first kappa shape index (κ1) is 55.8. The number of fused-ring (bicyclic) bond motifs is 14. The Bertz CT molecular complexity index is 2640. The SMILES string of the molecule is CC1=C(O)C(=O)C=C2C1=CC=C1[C@@]2(C)CC[C@@]2(C)[C@@H]3C[C@](C)(C(=O)N(C)C)CC[C@]3(C)CC[C@]12C.CC1=C(O)C(=O)C=C2C1=CC=C1[C@@]2(C)CC[C@@]2(C)[C@@H]3C[C@](C)(C(=O)O)CC[C@]3(C)CC[C@]12C.CNC.Cl. The molecular formula is C62H89ClN2O7. The fourth-order valence-electron chi connectivity index (χ4n) is 17.8. The molecule has 9 nitrogen and oxygen atoms in total. The summed E-state index contributed by atoms with van der Waals surface area (Å²) in [7, 11) is 7.54. The molecule has 0 bridgehead atoms. The lowest BCUT2D eigenvalue weighted by molar-refractivity contribution is -0.178. The number of aliphatic hydroxyl groups excluding tert-OH is 2. The van der Waals surface area contributed by atoms with Gasteiger partial charge in [0.1, 0.15) is 0 Å². The summed E-state index contributed by atoms with van der Waals surface area (Å²) in [6, 6.07) is 0. The molecule has 4 N–H and O–H groups in total. The van der Waals surface area contributed by atoms with Crippen molar-refractivity contribution in [2.75, 3.05) is 28.2 Å². The van der Waals surface area contributed by atoms with E-state index in [1.54, 1.807) is 17.1 Å². The molecule has 10 aliphatic rings. The molecule has 0 aromatic rings. The maximum Gasteiger partial charge on any atom is 0.309 e. The van der Waals surface area contributed by atoms with Gasteiger partial charge in [-0.1, -0.05) is 97.8 Å². The van der Waals surface area contributed by atoms with Crippen LogP contribution in [0.2, 0.25) is 0 Å². The van der Waals surface area contributed by atoms with E-state index in [0.29, 0.717) is 23.0 Å². The van der Waals surface area contributed by atoms with Crippen LogP contribution < -0.4 is 5.32 Å². The fourth-order valence-corrected chi connectivity index (χ4v) is 17.8. The van der Waals surface area contributed by atoms with Gasteiger partial charge in [-0.15, -0.1) is 12.4 Å². The van der Waals surface area contributed by atoms with Crippen molar-refractivity contribution in [1.29, 1.82) is 0 Å². The Balaban J connectivity index is 0.000000198. The number of nitrogens with one attached hydrogen (secondary N) is 1. The highest BCUT2D eigenvalue weighted by Crippen LogP contribution is 2.77. The number of rotatable bonds is 2. The van der Waals surface area contributed by atoms with Gasteiger partial charge in [0.25, 0.3) is 0 Å². The first-order valence-electron chi connectivity index (χ1n) is 27.0. The van der Waals surface area contributed by atoms with Gasteiger partial charge in [0, 0.05) is 41.5 Å². The van der Waals surface area contributed by atoms with E-state index in [-0.39, 0.29) is 90.1 Å². The predicted molar refractivity (Wildman–Crippen MR) is 290 cm³/mol. The Morgan fingerprint density at radius 1 is 0.556 bits per heavy atom. The van der Waals surface area contributed by atoms with E-state index in [0.717, 1.165) is 106 Å². The topological polar surface area (TPSA) is 144 Å². The summed E-state index contributed by atoms with van der Waals surface area (Å²) < 4.78 is 0. The van der Waals surface area contributed by atoms with Crippen molar-refractivity contribution < 1.29 is 34.5 Å². The van der Waals surface area contributed by atoms with Crippen molar-refractivity contribution >= 4 is 35.9 Å². The first-order valence-corrected chi connectivity index (χ1v) is 27.0. The maximum atomic E-state index is 13.3. The minimum absolute atomic E-state index is 0. The molecule has 0 aliphatic heterocycles. The number of aliphatic carboxylic acids is 1. The van der Waals surface area contributed by atoms with Gasteiger partial charge in [-0.05, 0) is 204 Å². The number of ketones is 2. The second-order valence-corrected chi connectivity index (χ2v) is 27.2. The van der Waals surface area contributed by atoms with Gasteiger partial charge in [0.15, 0.2) is 11.5 Å². The van der Waals surface area contributed by atoms with Gasteiger partial charge in [0.05, 0.1) is 5.41 Å². The molecular weight excluding hydrogens is 920 g/mol. The number of halogens is 1. The van der Waals surface area contributed by atoms with Crippen LogP contribution in [0.5, 0.6) is 0 Å². The van der Waals surface area contributed by atoms with E-state index in [9.17, 15) is 34.5 Å². The average molecular weight is 1010 g/mol. The summed E-state index contributed by atoms with van der Waals surface area (Å²) in [5.41, 5.74) is 7.40. The molecule has 0 aromatic heterocycles. The van der Waals surface area contributed by atoms with Crippen LogP contribution >= 0.6 is 12.4 Å². The average Bonchev–Trinajstić information content (AvgIpc) is 3.31. The van der Waals surface area contributed by atoms with Gasteiger partial charge in [-0.3, -0.25) is 19.2 Å². The predicted octanol–water partition coefficient (Wildman–Crippen LogP) is 13.7. The second kappa shape index (κ2) is 17.8. The largest absolute Gasteiger partial charge is 0.504 e. The van der Waals surface area contributed by atoms with Crippen molar-refractivity contribution in [1.82, 2.24) is 10.2 Å². The number of carbonyl (C=O) groups is 4. The fraction of sp³-hybridized carbons (Fsp3) is 0.677. The summed E-state index contributed by atoms with van der Waals surface area (Å²) in [4.78, 5) is 52.6. The third-order valence-corrected chi connectivity index (χ3v) is 23.2. The smallest absolute Gasteiger partial charge is 0.309 e. The van der Waals surface area contributed by atoms with E-state index in [4.69, 9.17) is 0 Å². The Labute approximate surface area is 438 Å². The highest BCUT2D eigenvalue weighted by atomic mass is 35.5. The number of hydrogen-bond acceptors (Lipinski definition) is 7. The van der Waals surface area contributed by atoms with Gasteiger partial charge in [-0.2, -0.15) is 0 Å². The third kappa shape index (κ3) is 7.58. The molecule has 6 saturated carbocycles. The van der Waals surface area contributed by atoms with Gasteiger partial charge >= 0.3 is 5.97 Å². The zero-order valence-corrected chi connectivity index (χ0v) is 47.7. The number of hydrogen-bond donors (Lipinski definition) is 4. The van der Waals surface area contributed by atoms with Crippen LogP contribution in [0.4, 0.5) is 0 Å². The summed E-state index contributed by atoms with van der Waals surface area (Å²) in [5.74, 6) is -0.374. The minimum Gasteiger partial charge on any atom is -0.504 e. The number of allylic oxidation sites excluding steroid dienone is 14. The standard InChI is InChI=1S/C31H43NO3.C29H38O4.C2H7N.ClH/c1-19-20-9-10-23-29(4,21(20)17-22(33)25(19)34)14-16-31(6)24-18-28(3,26(35)32(7)8)12-11-27(24,2)13-15-30(23,31)5;1-17-18-7-8-21-27(4,19(18)15-20(30)23(17)31)12-14-29(6)22-16-26(3,24(32)33)10-9-25(22,2)11-13-28(21,29)5;1-3-2;/h9-10,17,24,34H,11-16,18H2,1-8H3;7-8,15,22,31H,9-14,16H2,1-6H3,(H,32,33);3H,1-2H3;1H/t24-,27-,28-,29+,30-,31+;22-,25-,26-,27+,28-,29+;;/m11../s1. The van der Waals surface area contributed by atoms with Crippen LogP contribution in [0, 0.1) is 66.0 Å². The Morgan fingerprint density at radius 2 is 0.903 bits per heavy atom. The first-order chi connectivity index (χ1) is 32.8. The van der Waals surface area contributed by atoms with Crippen LogP contribution in [0.1, 0.15) is 173 Å².